The van der Waals surface area contributed by atoms with Crippen LogP contribution in [0.1, 0.15) is 6.42 Å². The van der Waals surface area contributed by atoms with Crippen LogP contribution in [-0.4, -0.2) is 41.8 Å². The average Bonchev–Trinajstić information content (AvgIpc) is 2.57. The zero-order valence-corrected chi connectivity index (χ0v) is 7.65. The van der Waals surface area contributed by atoms with Crippen molar-refractivity contribution in [2.45, 2.75) is 18.8 Å². The Labute approximate surface area is 84.6 Å². The topological polar surface area (TPSA) is 114 Å². The van der Waals surface area contributed by atoms with E-state index in [0.717, 1.165) is 0 Å². The van der Waals surface area contributed by atoms with E-state index in [1.165, 1.54) is 4.90 Å². The molecule has 82 valence electrons. The lowest BCUT2D eigenvalue weighted by Gasteiger charge is -2.20. The number of hydrogen-bond donors (Lipinski definition) is 3. The summed E-state index contributed by atoms with van der Waals surface area (Å²) in [6.07, 6.45) is -1.27. The summed E-state index contributed by atoms with van der Waals surface area (Å²) in [5.41, 5.74) is 0. The van der Waals surface area contributed by atoms with Crippen molar-refractivity contribution in [2.24, 2.45) is 0 Å². The highest BCUT2D eigenvalue weighted by molar-refractivity contribution is 5.85. The van der Waals surface area contributed by atoms with E-state index in [9.17, 15) is 19.5 Å². The van der Waals surface area contributed by atoms with Gasteiger partial charge < -0.3 is 30.8 Å². The molecule has 0 aromatic heterocycles. The van der Waals surface area contributed by atoms with Crippen LogP contribution in [0.15, 0.2) is 0 Å². The van der Waals surface area contributed by atoms with E-state index in [-0.39, 0.29) is 19.0 Å². The first-order chi connectivity index (χ1) is 7.08. The highest BCUT2D eigenvalue weighted by Gasteiger charge is 2.44. The molecule has 2 aliphatic rings. The molecule has 8 nitrogen and oxygen atoms in total. The number of fused-ring (bicyclic) bond motifs is 1. The maximum atomic E-state index is 11.3. The fraction of sp³-hybridized carbons (Fsp3) is 0.571. The number of nitrogens with one attached hydrogen (secondary N) is 3. The highest BCUT2D eigenvalue weighted by Crippen LogP contribution is 2.13. The zero-order chi connectivity index (χ0) is 11.0. The van der Waals surface area contributed by atoms with Gasteiger partial charge in [0.15, 0.2) is 0 Å². The van der Waals surface area contributed by atoms with Crippen molar-refractivity contribution in [1.29, 1.82) is 0 Å². The number of urea groups is 2. The number of nitrogens with zero attached hydrogens (tertiary/aromatic N) is 1. The van der Waals surface area contributed by atoms with Gasteiger partial charge in [-0.3, -0.25) is 0 Å². The summed E-state index contributed by atoms with van der Waals surface area (Å²) in [5, 5.41) is 17.7. The number of aliphatic carboxylic acids is 1. The molecule has 0 radical (unpaired) electrons. The molecule has 0 aliphatic carbocycles. The van der Waals surface area contributed by atoms with Gasteiger partial charge in [0.05, 0.1) is 0 Å². The number of carboxylic acids is 1. The van der Waals surface area contributed by atoms with Gasteiger partial charge in [0, 0.05) is 18.9 Å². The SMILES string of the molecule is O=C([O-])CCN1C(=O)N[C@H]2NC(=O)N[C@H]21. The van der Waals surface area contributed by atoms with Gasteiger partial charge in [0.25, 0.3) is 0 Å². The maximum Gasteiger partial charge on any atom is 0.320 e. The third-order valence-electron chi connectivity index (χ3n) is 2.31. The second kappa shape index (κ2) is 3.30. The quantitative estimate of drug-likeness (QED) is 0.467. The van der Waals surface area contributed by atoms with Gasteiger partial charge in [0.1, 0.15) is 12.3 Å². The third-order valence-corrected chi connectivity index (χ3v) is 2.31. The number of hydrogen-bond acceptors (Lipinski definition) is 4. The van der Waals surface area contributed by atoms with Gasteiger partial charge in [-0.1, -0.05) is 0 Å². The number of carbonyl (C=O) groups is 3. The molecule has 8 heteroatoms. The van der Waals surface area contributed by atoms with Crippen molar-refractivity contribution in [2.75, 3.05) is 6.54 Å². The molecule has 2 rings (SSSR count). The molecule has 2 saturated heterocycles. The van der Waals surface area contributed by atoms with Crippen molar-refractivity contribution in [3.8, 4) is 0 Å². The van der Waals surface area contributed by atoms with Gasteiger partial charge >= 0.3 is 12.1 Å². The first kappa shape index (κ1) is 9.56. The molecule has 2 atom stereocenters. The van der Waals surface area contributed by atoms with Gasteiger partial charge in [-0.15, -0.1) is 0 Å². The average molecular weight is 213 g/mol. The lowest BCUT2D eigenvalue weighted by Crippen LogP contribution is -2.45. The van der Waals surface area contributed by atoms with Crippen LogP contribution in [0.5, 0.6) is 0 Å². The molecule has 15 heavy (non-hydrogen) atoms. The predicted octanol–water partition coefficient (Wildman–Crippen LogP) is -2.88. The minimum atomic E-state index is -1.23. The van der Waals surface area contributed by atoms with Crippen LogP contribution in [-0.2, 0) is 4.79 Å². The van der Waals surface area contributed by atoms with E-state index >= 15 is 0 Å². The Bertz CT molecular complexity index is 331. The van der Waals surface area contributed by atoms with Crippen LogP contribution in [0.25, 0.3) is 0 Å². The molecule has 0 bridgehead atoms. The second-order valence-corrected chi connectivity index (χ2v) is 3.31. The molecule has 2 heterocycles. The Hall–Kier alpha value is -1.99. The molecule has 0 aromatic carbocycles. The standard InChI is InChI=1S/C7H10N4O4/c12-3(13)1-2-11-5-4(9-7(11)15)8-6(14)10-5/h4-5H,1-2H2,(H,9,15)(H,12,13)(H2,8,10,14)/p-1/t4-,5+/m1/s1. The summed E-state index contributed by atoms with van der Waals surface area (Å²) in [6.45, 7) is 0.0112. The van der Waals surface area contributed by atoms with Gasteiger partial charge in [-0.05, 0) is 0 Å². The van der Waals surface area contributed by atoms with Gasteiger partial charge in [-0.25, -0.2) is 9.59 Å². The first-order valence-electron chi connectivity index (χ1n) is 4.42. The van der Waals surface area contributed by atoms with Crippen molar-refractivity contribution >= 4 is 18.0 Å². The Morgan fingerprint density at radius 1 is 1.33 bits per heavy atom. The van der Waals surface area contributed by atoms with Crippen molar-refractivity contribution < 1.29 is 19.5 Å². The molecule has 0 spiro atoms. The van der Waals surface area contributed by atoms with Crippen LogP contribution in [0.2, 0.25) is 0 Å². The molecule has 2 aliphatic heterocycles. The fourth-order valence-corrected chi connectivity index (χ4v) is 1.65. The molecule has 0 saturated carbocycles. The minimum Gasteiger partial charge on any atom is -0.550 e. The van der Waals surface area contributed by atoms with Crippen LogP contribution < -0.4 is 21.1 Å². The van der Waals surface area contributed by atoms with Crippen LogP contribution in [0.3, 0.4) is 0 Å². The zero-order valence-electron chi connectivity index (χ0n) is 7.65. The summed E-state index contributed by atoms with van der Waals surface area (Å²) in [7, 11) is 0. The van der Waals surface area contributed by atoms with Crippen LogP contribution in [0.4, 0.5) is 9.59 Å². The van der Waals surface area contributed by atoms with E-state index < -0.39 is 24.3 Å². The molecule has 2 fully saturated rings. The smallest absolute Gasteiger partial charge is 0.320 e. The summed E-state index contributed by atoms with van der Waals surface area (Å²) < 4.78 is 0. The molecule has 0 unspecified atom stereocenters. The monoisotopic (exact) mass is 213 g/mol. The Morgan fingerprint density at radius 2 is 2.07 bits per heavy atom. The largest absolute Gasteiger partial charge is 0.550 e. The molecule has 0 aromatic rings. The van der Waals surface area contributed by atoms with Crippen molar-refractivity contribution in [3.05, 3.63) is 0 Å². The molecule has 4 amide bonds. The Balaban J connectivity index is 2.00. The van der Waals surface area contributed by atoms with E-state index in [1.807, 2.05) is 0 Å². The first-order valence-corrected chi connectivity index (χ1v) is 4.42. The van der Waals surface area contributed by atoms with Crippen molar-refractivity contribution in [3.63, 3.8) is 0 Å². The molecular formula is C7H9N4O4-. The summed E-state index contributed by atoms with van der Waals surface area (Å²) in [4.78, 5) is 33.7. The minimum absolute atomic E-state index is 0.0112. The Kier molecular flexibility index (Phi) is 2.10. The molecular weight excluding hydrogens is 204 g/mol. The van der Waals surface area contributed by atoms with E-state index in [1.54, 1.807) is 0 Å². The normalized spacial score (nSPS) is 28.1. The number of amides is 4. The number of carboxylic acid groups (broad SMARTS) is 1. The lowest BCUT2D eigenvalue weighted by molar-refractivity contribution is -0.305. The number of rotatable bonds is 3. The second-order valence-electron chi connectivity index (χ2n) is 3.31. The summed E-state index contributed by atoms with van der Waals surface area (Å²) in [5.74, 6) is -1.23. The summed E-state index contributed by atoms with van der Waals surface area (Å²) in [6, 6.07) is -0.790. The summed E-state index contributed by atoms with van der Waals surface area (Å²) >= 11 is 0. The van der Waals surface area contributed by atoms with E-state index in [2.05, 4.69) is 16.0 Å². The van der Waals surface area contributed by atoms with Crippen LogP contribution >= 0.6 is 0 Å². The fourth-order valence-electron chi connectivity index (χ4n) is 1.65. The highest BCUT2D eigenvalue weighted by atomic mass is 16.4. The molecule has 3 N–H and O–H groups in total. The van der Waals surface area contributed by atoms with Crippen molar-refractivity contribution in [1.82, 2.24) is 20.9 Å². The van der Waals surface area contributed by atoms with Gasteiger partial charge in [-0.2, -0.15) is 0 Å². The lowest BCUT2D eigenvalue weighted by atomic mass is 10.3. The number of carbonyl (C=O) groups excluding carboxylic acids is 3. The van der Waals surface area contributed by atoms with E-state index in [4.69, 9.17) is 0 Å². The maximum absolute atomic E-state index is 11.3. The Morgan fingerprint density at radius 3 is 2.73 bits per heavy atom. The van der Waals surface area contributed by atoms with Crippen LogP contribution in [0, 0.1) is 0 Å². The van der Waals surface area contributed by atoms with E-state index in [0.29, 0.717) is 0 Å². The van der Waals surface area contributed by atoms with Gasteiger partial charge in [0.2, 0.25) is 0 Å². The third kappa shape index (κ3) is 1.65. The predicted molar refractivity (Wildman–Crippen MR) is 44.1 cm³/mol.